The fourth-order valence-electron chi connectivity index (χ4n) is 2.85. The zero-order chi connectivity index (χ0) is 14.5. The van der Waals surface area contributed by atoms with Gasteiger partial charge in [0.15, 0.2) is 0 Å². The summed E-state index contributed by atoms with van der Waals surface area (Å²) in [6, 6.07) is 9.13. The summed E-state index contributed by atoms with van der Waals surface area (Å²) in [5, 5.41) is 18.8. The smallest absolute Gasteiger partial charge is 1.00 e. The van der Waals surface area contributed by atoms with Gasteiger partial charge in [-0.1, -0.05) is 43.2 Å². The summed E-state index contributed by atoms with van der Waals surface area (Å²) in [6.07, 6.45) is 3.65. The summed E-state index contributed by atoms with van der Waals surface area (Å²) in [6.45, 7) is 0. The summed E-state index contributed by atoms with van der Waals surface area (Å²) >= 11 is 0. The van der Waals surface area contributed by atoms with Crippen molar-refractivity contribution in [2.24, 2.45) is 5.92 Å². The average molecular weight is 322 g/mol. The Morgan fingerprint density at radius 2 is 1.55 bits per heavy atom. The first kappa shape index (κ1) is 21.9. The van der Waals surface area contributed by atoms with E-state index in [1.807, 2.05) is 30.3 Å². The molecule has 22 heavy (non-hydrogen) atoms. The van der Waals surface area contributed by atoms with Crippen LogP contribution in [0, 0.1) is 5.92 Å². The molecular formula is C16H20Na2O4. The molecule has 4 nitrogen and oxygen atoms in total. The van der Waals surface area contributed by atoms with Gasteiger partial charge in [-0.15, -0.1) is 0 Å². The third-order valence-corrected chi connectivity index (χ3v) is 3.80. The molecule has 1 aromatic rings. The van der Waals surface area contributed by atoms with Gasteiger partial charge in [0.2, 0.25) is 0 Å². The van der Waals surface area contributed by atoms with Crippen LogP contribution in [0.4, 0.5) is 0 Å². The maximum atomic E-state index is 11.5. The molecule has 0 heterocycles. The number of carboxylic acids is 2. The second-order valence-electron chi connectivity index (χ2n) is 5.15. The second kappa shape index (κ2) is 10.6. The van der Waals surface area contributed by atoms with Crippen LogP contribution in [0.2, 0.25) is 0 Å². The molecule has 2 rings (SSSR count). The van der Waals surface area contributed by atoms with E-state index in [0.29, 0.717) is 0 Å². The molecule has 0 bridgehead atoms. The summed E-state index contributed by atoms with van der Waals surface area (Å²) in [5.74, 6) is -2.34. The van der Waals surface area contributed by atoms with Crippen LogP contribution in [-0.4, -0.2) is 22.2 Å². The van der Waals surface area contributed by atoms with Gasteiger partial charge in [-0.25, -0.2) is 9.59 Å². The Kier molecular flexibility index (Phi) is 10.6. The average Bonchev–Trinajstić information content (AvgIpc) is 2.92. The summed E-state index contributed by atoms with van der Waals surface area (Å²) in [7, 11) is 0. The molecular weight excluding hydrogens is 302 g/mol. The molecule has 110 valence electrons. The SMILES string of the molecule is O=C(O)/C(Cc1ccccc1)=C(\C(=O)O)C1CCCC1.[H-].[H-].[Na+].[Na+]. The number of carboxylic acid groups (broad SMARTS) is 2. The minimum absolute atomic E-state index is 0. The molecule has 0 unspecified atom stereocenters. The fraction of sp³-hybridized carbons (Fsp3) is 0.375. The first-order valence-electron chi connectivity index (χ1n) is 6.83. The largest absolute Gasteiger partial charge is 1.00 e. The molecule has 6 heteroatoms. The van der Waals surface area contributed by atoms with Crippen LogP contribution in [-0.2, 0) is 16.0 Å². The van der Waals surface area contributed by atoms with E-state index in [2.05, 4.69) is 0 Å². The quantitative estimate of drug-likeness (QED) is 0.451. The standard InChI is InChI=1S/C16H18O4.2Na.2H/c17-15(18)13(10-11-6-2-1-3-7-11)14(16(19)20)12-8-4-5-9-12;;;;/h1-3,6-7,12H,4-5,8-10H2,(H,17,18)(H,19,20);;;;/q;2*+1;2*-1/b14-13-;;;;. The Morgan fingerprint density at radius 3 is 2.00 bits per heavy atom. The van der Waals surface area contributed by atoms with Gasteiger partial charge >= 0.3 is 71.1 Å². The van der Waals surface area contributed by atoms with Gasteiger partial charge in [-0.3, -0.25) is 0 Å². The van der Waals surface area contributed by atoms with Gasteiger partial charge in [0.1, 0.15) is 0 Å². The van der Waals surface area contributed by atoms with Crippen LogP contribution in [0.5, 0.6) is 0 Å². The summed E-state index contributed by atoms with van der Waals surface area (Å²) in [4.78, 5) is 23.0. The van der Waals surface area contributed by atoms with Crippen molar-refractivity contribution in [2.75, 3.05) is 0 Å². The number of carbonyl (C=O) groups is 2. The van der Waals surface area contributed by atoms with Crippen LogP contribution < -0.4 is 59.1 Å². The molecule has 1 aromatic carbocycles. The Bertz CT molecular complexity index is 544. The summed E-state index contributed by atoms with van der Waals surface area (Å²) in [5.41, 5.74) is 0.941. The van der Waals surface area contributed by atoms with Crippen molar-refractivity contribution >= 4 is 11.9 Å². The van der Waals surface area contributed by atoms with Crippen LogP contribution in [0.3, 0.4) is 0 Å². The molecule has 2 N–H and O–H groups in total. The monoisotopic (exact) mass is 322 g/mol. The van der Waals surface area contributed by atoms with Gasteiger partial charge < -0.3 is 13.1 Å². The van der Waals surface area contributed by atoms with E-state index in [4.69, 9.17) is 0 Å². The topological polar surface area (TPSA) is 74.6 Å². The van der Waals surface area contributed by atoms with Gasteiger partial charge in [-0.05, 0) is 24.3 Å². The molecule has 0 atom stereocenters. The minimum atomic E-state index is -1.13. The van der Waals surface area contributed by atoms with Crippen molar-refractivity contribution in [1.82, 2.24) is 0 Å². The van der Waals surface area contributed by atoms with Crippen molar-refractivity contribution in [1.29, 1.82) is 0 Å². The minimum Gasteiger partial charge on any atom is -1.00 e. The number of benzene rings is 1. The van der Waals surface area contributed by atoms with Crippen LogP contribution in [0.25, 0.3) is 0 Å². The van der Waals surface area contributed by atoms with E-state index in [0.717, 1.165) is 31.2 Å². The molecule has 0 aromatic heterocycles. The van der Waals surface area contributed by atoms with E-state index >= 15 is 0 Å². The Morgan fingerprint density at radius 1 is 1.00 bits per heavy atom. The first-order chi connectivity index (χ1) is 9.59. The van der Waals surface area contributed by atoms with Crippen molar-refractivity contribution in [3.63, 3.8) is 0 Å². The van der Waals surface area contributed by atoms with Gasteiger partial charge in [0.05, 0.1) is 11.1 Å². The van der Waals surface area contributed by atoms with Gasteiger partial charge in [0, 0.05) is 6.42 Å². The zero-order valence-corrected chi connectivity index (χ0v) is 17.2. The zero-order valence-electron chi connectivity index (χ0n) is 15.2. The second-order valence-corrected chi connectivity index (χ2v) is 5.15. The van der Waals surface area contributed by atoms with Crippen molar-refractivity contribution in [2.45, 2.75) is 32.1 Å². The molecule has 0 aliphatic heterocycles. The van der Waals surface area contributed by atoms with Crippen molar-refractivity contribution in [3.8, 4) is 0 Å². The predicted octanol–water partition coefficient (Wildman–Crippen LogP) is -2.88. The van der Waals surface area contributed by atoms with E-state index in [-0.39, 0.29) is 85.5 Å². The normalized spacial score (nSPS) is 15.3. The van der Waals surface area contributed by atoms with E-state index in [1.165, 1.54) is 0 Å². The van der Waals surface area contributed by atoms with E-state index in [9.17, 15) is 19.8 Å². The predicted molar refractivity (Wildman–Crippen MR) is 76.6 cm³/mol. The van der Waals surface area contributed by atoms with E-state index in [1.54, 1.807) is 0 Å². The number of hydrogen-bond donors (Lipinski definition) is 2. The van der Waals surface area contributed by atoms with E-state index < -0.39 is 11.9 Å². The number of hydrogen-bond acceptors (Lipinski definition) is 2. The molecule has 1 fully saturated rings. The Balaban J connectivity index is -0.00000110. The molecule has 0 radical (unpaired) electrons. The molecule has 0 saturated heterocycles. The molecule has 0 spiro atoms. The van der Waals surface area contributed by atoms with Crippen LogP contribution in [0.15, 0.2) is 41.5 Å². The number of rotatable bonds is 5. The number of aliphatic carboxylic acids is 2. The molecule has 1 aliphatic carbocycles. The Hall–Kier alpha value is -0.1000. The maximum Gasteiger partial charge on any atom is 1.00 e. The third-order valence-electron chi connectivity index (χ3n) is 3.80. The van der Waals surface area contributed by atoms with Crippen molar-refractivity contribution in [3.05, 3.63) is 47.0 Å². The van der Waals surface area contributed by atoms with Crippen LogP contribution in [0.1, 0.15) is 34.1 Å². The summed E-state index contributed by atoms with van der Waals surface area (Å²) < 4.78 is 0. The maximum absolute atomic E-state index is 11.5. The van der Waals surface area contributed by atoms with Gasteiger partial charge in [0.25, 0.3) is 0 Å². The molecule has 1 saturated carbocycles. The fourth-order valence-corrected chi connectivity index (χ4v) is 2.85. The van der Waals surface area contributed by atoms with Gasteiger partial charge in [-0.2, -0.15) is 0 Å². The molecule has 0 amide bonds. The van der Waals surface area contributed by atoms with Crippen molar-refractivity contribution < 1.29 is 81.8 Å². The Labute approximate surface area is 177 Å². The first-order valence-corrected chi connectivity index (χ1v) is 6.83. The third kappa shape index (κ3) is 5.84. The van der Waals surface area contributed by atoms with Crippen LogP contribution >= 0.6 is 0 Å². The molecule has 1 aliphatic rings.